The van der Waals surface area contributed by atoms with Gasteiger partial charge in [0.05, 0.1) is 6.26 Å². The standard InChI is InChI=1S/C25H24N4O5/c1-15(30)17-4-6-19(7-5-17)26-25(33)28-12-16-11-18(14-28)21-9-8-20(24(32)29(21)13-16)27-23(31)22-3-2-10-34-22/h2-10,16,18H,11-14H2,1H3,(H,26,33)(H,27,31)/t16-,18-/m1/s1. The van der Waals surface area contributed by atoms with Crippen molar-refractivity contribution in [1.29, 1.82) is 0 Å². The van der Waals surface area contributed by atoms with Crippen LogP contribution in [0.3, 0.4) is 0 Å². The highest BCUT2D eigenvalue weighted by molar-refractivity contribution is 6.02. The Morgan fingerprint density at radius 3 is 2.47 bits per heavy atom. The average Bonchev–Trinajstić information content (AvgIpc) is 3.37. The molecule has 34 heavy (non-hydrogen) atoms. The van der Waals surface area contributed by atoms with Gasteiger partial charge in [-0.25, -0.2) is 4.79 Å². The van der Waals surface area contributed by atoms with Crippen LogP contribution in [0.4, 0.5) is 16.2 Å². The van der Waals surface area contributed by atoms with Gasteiger partial charge in [-0.05, 0) is 67.8 Å². The second kappa shape index (κ2) is 8.66. The minimum absolute atomic E-state index is 0.0284. The number of nitrogens with zero attached hydrogens (tertiary/aromatic N) is 2. The summed E-state index contributed by atoms with van der Waals surface area (Å²) in [6.45, 7) is 3.00. The van der Waals surface area contributed by atoms with Crippen LogP contribution in [0.2, 0.25) is 0 Å². The fourth-order valence-electron chi connectivity index (χ4n) is 4.79. The van der Waals surface area contributed by atoms with E-state index in [1.165, 1.54) is 19.3 Å². The Morgan fingerprint density at radius 2 is 1.76 bits per heavy atom. The number of rotatable bonds is 4. The van der Waals surface area contributed by atoms with E-state index < -0.39 is 5.91 Å². The molecule has 2 atom stereocenters. The molecule has 1 aromatic carbocycles. The lowest BCUT2D eigenvalue weighted by atomic mass is 9.83. The topological polar surface area (TPSA) is 114 Å². The number of hydrogen-bond acceptors (Lipinski definition) is 5. The summed E-state index contributed by atoms with van der Waals surface area (Å²) in [5, 5.41) is 5.53. The Labute approximate surface area is 195 Å². The van der Waals surface area contributed by atoms with E-state index in [0.717, 1.165) is 12.1 Å². The summed E-state index contributed by atoms with van der Waals surface area (Å²) in [7, 11) is 0. The van der Waals surface area contributed by atoms with Gasteiger partial charge in [0, 0.05) is 42.5 Å². The lowest BCUT2D eigenvalue weighted by Gasteiger charge is -2.42. The maximum Gasteiger partial charge on any atom is 0.321 e. The Balaban J connectivity index is 1.30. The SMILES string of the molecule is CC(=O)c1ccc(NC(=O)N2C[C@H]3C[C@H](C2)c2ccc(NC(=O)c4ccco4)c(=O)n2C3)cc1. The summed E-state index contributed by atoms with van der Waals surface area (Å²) in [4.78, 5) is 51.5. The number of Topliss-reactive ketones (excluding diaryl/α,β-unsaturated/α-hetero) is 1. The van der Waals surface area contributed by atoms with Crippen LogP contribution in [-0.4, -0.2) is 40.3 Å². The van der Waals surface area contributed by atoms with Gasteiger partial charge in [-0.3, -0.25) is 14.4 Å². The summed E-state index contributed by atoms with van der Waals surface area (Å²) in [6, 6.07) is 13.2. The van der Waals surface area contributed by atoms with Gasteiger partial charge >= 0.3 is 6.03 Å². The summed E-state index contributed by atoms with van der Waals surface area (Å²) in [5.41, 5.74) is 2.02. The third-order valence-electron chi connectivity index (χ3n) is 6.43. The number of urea groups is 1. The van der Waals surface area contributed by atoms with E-state index in [1.807, 2.05) is 6.07 Å². The monoisotopic (exact) mass is 460 g/mol. The van der Waals surface area contributed by atoms with Crippen molar-refractivity contribution in [3.8, 4) is 0 Å². The lowest BCUT2D eigenvalue weighted by molar-refractivity contribution is 0.0993. The summed E-state index contributed by atoms with van der Waals surface area (Å²) < 4.78 is 6.81. The van der Waals surface area contributed by atoms with Crippen LogP contribution in [-0.2, 0) is 6.54 Å². The predicted molar refractivity (Wildman–Crippen MR) is 125 cm³/mol. The highest BCUT2D eigenvalue weighted by Gasteiger charge is 2.36. The maximum atomic E-state index is 13.1. The summed E-state index contributed by atoms with van der Waals surface area (Å²) in [6.07, 6.45) is 2.30. The van der Waals surface area contributed by atoms with Crippen molar-refractivity contribution < 1.29 is 18.8 Å². The number of anilines is 2. The fourth-order valence-corrected chi connectivity index (χ4v) is 4.79. The van der Waals surface area contributed by atoms with E-state index in [1.54, 1.807) is 45.9 Å². The third kappa shape index (κ3) is 4.12. The van der Waals surface area contributed by atoms with E-state index in [9.17, 15) is 19.2 Å². The molecule has 2 aromatic heterocycles. The largest absolute Gasteiger partial charge is 0.459 e. The molecule has 9 nitrogen and oxygen atoms in total. The quantitative estimate of drug-likeness (QED) is 0.578. The van der Waals surface area contributed by atoms with Gasteiger partial charge in [0.25, 0.3) is 11.5 Å². The number of furan rings is 1. The highest BCUT2D eigenvalue weighted by atomic mass is 16.3. The molecule has 0 aliphatic carbocycles. The average molecular weight is 460 g/mol. The van der Waals surface area contributed by atoms with Crippen LogP contribution < -0.4 is 16.2 Å². The molecule has 0 radical (unpaired) electrons. The Kier molecular flexibility index (Phi) is 5.53. The van der Waals surface area contributed by atoms with Crippen LogP contribution in [0, 0.1) is 5.92 Å². The molecule has 1 fully saturated rings. The van der Waals surface area contributed by atoms with Crippen LogP contribution in [0.25, 0.3) is 0 Å². The third-order valence-corrected chi connectivity index (χ3v) is 6.43. The zero-order chi connectivity index (χ0) is 23.8. The van der Waals surface area contributed by atoms with Crippen molar-refractivity contribution >= 4 is 29.1 Å². The van der Waals surface area contributed by atoms with Crippen LogP contribution >= 0.6 is 0 Å². The van der Waals surface area contributed by atoms with Crippen LogP contribution in [0.5, 0.6) is 0 Å². The molecule has 5 rings (SSSR count). The first-order valence-corrected chi connectivity index (χ1v) is 11.1. The number of piperidine rings is 1. The molecule has 3 amide bonds. The molecule has 4 heterocycles. The van der Waals surface area contributed by atoms with Gasteiger partial charge in [-0.1, -0.05) is 0 Å². The van der Waals surface area contributed by atoms with Gasteiger partial charge in [0.1, 0.15) is 5.69 Å². The number of ketones is 1. The highest BCUT2D eigenvalue weighted by Crippen LogP contribution is 2.35. The van der Waals surface area contributed by atoms with Crippen molar-refractivity contribution in [3.63, 3.8) is 0 Å². The van der Waals surface area contributed by atoms with E-state index in [2.05, 4.69) is 10.6 Å². The molecule has 2 bridgehead atoms. The molecule has 0 spiro atoms. The molecule has 0 unspecified atom stereocenters. The zero-order valence-corrected chi connectivity index (χ0v) is 18.6. The number of likely N-dealkylation sites (tertiary alicyclic amines) is 1. The lowest BCUT2D eigenvalue weighted by Crippen LogP contribution is -2.50. The molecule has 0 saturated carbocycles. The number of hydrogen-bond donors (Lipinski definition) is 2. The molecule has 2 aliphatic heterocycles. The Morgan fingerprint density at radius 1 is 0.971 bits per heavy atom. The predicted octanol–water partition coefficient (Wildman–Crippen LogP) is 3.55. The second-order valence-corrected chi connectivity index (χ2v) is 8.79. The van der Waals surface area contributed by atoms with Crippen LogP contribution in [0.15, 0.2) is 64.0 Å². The maximum absolute atomic E-state index is 13.1. The van der Waals surface area contributed by atoms with Gasteiger partial charge < -0.3 is 24.5 Å². The normalized spacial score (nSPS) is 18.7. The van der Waals surface area contributed by atoms with Crippen molar-refractivity contribution in [1.82, 2.24) is 9.47 Å². The molecule has 2 aliphatic rings. The van der Waals surface area contributed by atoms with Crippen molar-refractivity contribution in [2.45, 2.75) is 25.8 Å². The van der Waals surface area contributed by atoms with Crippen molar-refractivity contribution in [3.05, 3.63) is 82.2 Å². The first-order valence-electron chi connectivity index (χ1n) is 11.1. The van der Waals surface area contributed by atoms with Crippen molar-refractivity contribution in [2.75, 3.05) is 23.7 Å². The number of fused-ring (bicyclic) bond motifs is 4. The molecule has 1 saturated heterocycles. The van der Waals surface area contributed by atoms with Gasteiger partial charge in [-0.2, -0.15) is 0 Å². The molecule has 3 aromatic rings. The molecule has 174 valence electrons. The van der Waals surface area contributed by atoms with Gasteiger partial charge in [-0.15, -0.1) is 0 Å². The summed E-state index contributed by atoms with van der Waals surface area (Å²) >= 11 is 0. The second-order valence-electron chi connectivity index (χ2n) is 8.79. The molecular weight excluding hydrogens is 436 g/mol. The van der Waals surface area contributed by atoms with E-state index in [4.69, 9.17) is 4.42 Å². The Bertz CT molecular complexity index is 1310. The van der Waals surface area contributed by atoms with Gasteiger partial charge in [0.2, 0.25) is 0 Å². The smallest absolute Gasteiger partial charge is 0.321 e. The van der Waals surface area contributed by atoms with Gasteiger partial charge in [0.15, 0.2) is 11.5 Å². The molecular formula is C25H24N4O5. The number of nitrogens with one attached hydrogen (secondary N) is 2. The number of carbonyl (C=O) groups is 3. The molecule has 9 heteroatoms. The number of carbonyl (C=O) groups excluding carboxylic acids is 3. The van der Waals surface area contributed by atoms with Crippen LogP contribution in [0.1, 0.15) is 45.9 Å². The minimum Gasteiger partial charge on any atom is -0.459 e. The first-order chi connectivity index (χ1) is 16.4. The van der Waals surface area contributed by atoms with E-state index >= 15 is 0 Å². The Hall–Kier alpha value is -4.14. The van der Waals surface area contributed by atoms with Crippen molar-refractivity contribution in [2.24, 2.45) is 5.92 Å². The number of aromatic nitrogens is 1. The van der Waals surface area contributed by atoms with E-state index in [-0.39, 0.29) is 40.7 Å². The first kappa shape index (κ1) is 21.7. The number of amides is 3. The van der Waals surface area contributed by atoms with E-state index in [0.29, 0.717) is 30.9 Å². The summed E-state index contributed by atoms with van der Waals surface area (Å²) in [5.74, 6) is -0.208. The fraction of sp³-hybridized carbons (Fsp3) is 0.280. The molecule has 2 N–H and O–H groups in total. The number of benzene rings is 1. The number of pyridine rings is 1. The zero-order valence-electron chi connectivity index (χ0n) is 18.6. The minimum atomic E-state index is -0.474.